The maximum absolute atomic E-state index is 13.5. The van der Waals surface area contributed by atoms with Crippen LogP contribution < -0.4 is 0 Å². The molecule has 4 fully saturated rings. The topological polar surface area (TPSA) is 20.2 Å². The molecule has 0 amide bonds. The van der Waals surface area contributed by atoms with Crippen LogP contribution in [-0.2, 0) is 6.42 Å². The Bertz CT molecular complexity index is 878. The Hall–Kier alpha value is -0.890. The highest BCUT2D eigenvalue weighted by Gasteiger charge is 2.61. The van der Waals surface area contributed by atoms with Gasteiger partial charge in [-0.15, -0.1) is 0 Å². The van der Waals surface area contributed by atoms with E-state index >= 15 is 0 Å². The summed E-state index contributed by atoms with van der Waals surface area (Å²) in [7, 11) is 0. The molecule has 2 heteroatoms. The summed E-state index contributed by atoms with van der Waals surface area (Å²) in [5, 5.41) is 11.2. The van der Waals surface area contributed by atoms with Crippen LogP contribution in [-0.4, -0.2) is 11.2 Å². The van der Waals surface area contributed by atoms with Crippen molar-refractivity contribution in [1.29, 1.82) is 0 Å². The minimum Gasteiger partial charge on any atom is -0.393 e. The Morgan fingerprint density at radius 1 is 0.833 bits per heavy atom. The predicted molar refractivity (Wildman–Crippen MR) is 148 cm³/mol. The average molecular weight is 497 g/mol. The number of rotatable bonds is 7. The van der Waals surface area contributed by atoms with E-state index in [2.05, 4.69) is 34.6 Å². The first kappa shape index (κ1) is 26.7. The zero-order valence-electron chi connectivity index (χ0n) is 23.8. The van der Waals surface area contributed by atoms with Crippen LogP contribution in [0.3, 0.4) is 0 Å². The van der Waals surface area contributed by atoms with Gasteiger partial charge in [0.2, 0.25) is 0 Å². The Morgan fingerprint density at radius 2 is 1.50 bits per heavy atom. The van der Waals surface area contributed by atoms with Crippen molar-refractivity contribution in [3.05, 3.63) is 35.6 Å². The second-order valence-electron chi connectivity index (χ2n) is 14.7. The number of aliphatic hydroxyl groups excluding tert-OH is 1. The molecule has 5 rings (SSSR count). The number of fused-ring (bicyclic) bond motifs is 5. The zero-order chi connectivity index (χ0) is 25.7. The fourth-order valence-electron chi connectivity index (χ4n) is 10.7. The molecule has 4 aliphatic rings. The second-order valence-corrected chi connectivity index (χ2v) is 14.7. The number of aliphatic hydroxyl groups is 1. The molecule has 4 aliphatic carbocycles. The monoisotopic (exact) mass is 496 g/mol. The Kier molecular flexibility index (Phi) is 7.68. The smallest absolute Gasteiger partial charge is 0.123 e. The van der Waals surface area contributed by atoms with E-state index in [-0.39, 0.29) is 11.9 Å². The minimum absolute atomic E-state index is 0.164. The molecule has 1 nitrogen and oxygen atoms in total. The van der Waals surface area contributed by atoms with Crippen molar-refractivity contribution in [3.63, 3.8) is 0 Å². The van der Waals surface area contributed by atoms with Gasteiger partial charge in [0.15, 0.2) is 0 Å². The van der Waals surface area contributed by atoms with Crippen LogP contribution in [0.25, 0.3) is 0 Å². The van der Waals surface area contributed by atoms with Crippen LogP contribution in [0.4, 0.5) is 4.39 Å². The van der Waals surface area contributed by atoms with E-state index < -0.39 is 0 Å². The number of benzene rings is 1. The molecule has 0 radical (unpaired) electrons. The third-order valence-electron chi connectivity index (χ3n) is 12.5. The summed E-state index contributed by atoms with van der Waals surface area (Å²) in [5.41, 5.74) is 2.09. The Balaban J connectivity index is 1.31. The first-order chi connectivity index (χ1) is 17.1. The van der Waals surface area contributed by atoms with Crippen LogP contribution in [0.1, 0.15) is 111 Å². The van der Waals surface area contributed by atoms with Crippen LogP contribution in [0.15, 0.2) is 24.3 Å². The first-order valence-electron chi connectivity index (χ1n) is 15.6. The van der Waals surface area contributed by atoms with Gasteiger partial charge in [-0.3, -0.25) is 0 Å². The lowest BCUT2D eigenvalue weighted by Crippen LogP contribution is -2.57. The lowest BCUT2D eigenvalue weighted by atomic mass is 9.42. The lowest BCUT2D eigenvalue weighted by molar-refractivity contribution is -0.152. The van der Waals surface area contributed by atoms with E-state index in [9.17, 15) is 9.50 Å². The highest BCUT2D eigenvalue weighted by molar-refractivity contribution is 5.19. The molecule has 0 aromatic heterocycles. The number of hydrogen-bond donors (Lipinski definition) is 1. The van der Waals surface area contributed by atoms with Gasteiger partial charge in [0.05, 0.1) is 6.10 Å². The highest BCUT2D eigenvalue weighted by Crippen LogP contribution is 2.69. The summed E-state index contributed by atoms with van der Waals surface area (Å²) >= 11 is 0. The van der Waals surface area contributed by atoms with Crippen molar-refractivity contribution in [2.24, 2.45) is 58.2 Å². The molecule has 36 heavy (non-hydrogen) atoms. The molecule has 202 valence electrons. The third kappa shape index (κ3) is 4.71. The molecule has 0 aliphatic heterocycles. The van der Waals surface area contributed by atoms with Crippen molar-refractivity contribution in [2.45, 2.75) is 118 Å². The molecule has 0 bridgehead atoms. The van der Waals surface area contributed by atoms with Crippen molar-refractivity contribution in [1.82, 2.24) is 0 Å². The summed E-state index contributed by atoms with van der Waals surface area (Å²) in [5.74, 6) is 6.00. The molecule has 1 N–H and O–H groups in total. The van der Waals surface area contributed by atoms with Crippen molar-refractivity contribution >= 4 is 0 Å². The van der Waals surface area contributed by atoms with Gasteiger partial charge in [0.25, 0.3) is 0 Å². The van der Waals surface area contributed by atoms with Gasteiger partial charge in [0, 0.05) is 0 Å². The molecule has 0 heterocycles. The van der Waals surface area contributed by atoms with Gasteiger partial charge < -0.3 is 5.11 Å². The average Bonchev–Trinajstić information content (AvgIpc) is 3.19. The van der Waals surface area contributed by atoms with Crippen LogP contribution in [0, 0.1) is 64.0 Å². The molecule has 4 saturated carbocycles. The highest BCUT2D eigenvalue weighted by atomic mass is 19.1. The van der Waals surface area contributed by atoms with Crippen molar-refractivity contribution in [2.75, 3.05) is 0 Å². The fourth-order valence-corrected chi connectivity index (χ4v) is 10.7. The minimum atomic E-state index is -0.207. The van der Waals surface area contributed by atoms with E-state index in [1.54, 1.807) is 12.1 Å². The normalized spacial score (nSPS) is 43.1. The Labute approximate surface area is 221 Å². The van der Waals surface area contributed by atoms with Crippen LogP contribution in [0.2, 0.25) is 0 Å². The summed E-state index contributed by atoms with van der Waals surface area (Å²) in [6.45, 7) is 12.6. The quantitative estimate of drug-likeness (QED) is 0.399. The van der Waals surface area contributed by atoms with Gasteiger partial charge in [-0.1, -0.05) is 66.0 Å². The van der Waals surface area contributed by atoms with E-state index in [1.807, 2.05) is 12.1 Å². The largest absolute Gasteiger partial charge is 0.393 e. The van der Waals surface area contributed by atoms with E-state index in [1.165, 1.54) is 69.8 Å². The van der Waals surface area contributed by atoms with E-state index in [0.29, 0.717) is 22.7 Å². The van der Waals surface area contributed by atoms with E-state index in [4.69, 9.17) is 0 Å². The van der Waals surface area contributed by atoms with Crippen molar-refractivity contribution in [3.8, 4) is 0 Å². The van der Waals surface area contributed by atoms with Gasteiger partial charge in [-0.05, 0) is 134 Å². The van der Waals surface area contributed by atoms with Gasteiger partial charge in [-0.25, -0.2) is 4.39 Å². The summed E-state index contributed by atoms with van der Waals surface area (Å²) in [6.07, 6.45) is 15.4. The summed E-state index contributed by atoms with van der Waals surface area (Å²) in [4.78, 5) is 0. The summed E-state index contributed by atoms with van der Waals surface area (Å²) in [6, 6.07) is 7.05. The van der Waals surface area contributed by atoms with Crippen molar-refractivity contribution < 1.29 is 9.50 Å². The maximum atomic E-state index is 13.5. The van der Waals surface area contributed by atoms with Gasteiger partial charge in [-0.2, -0.15) is 0 Å². The molecule has 0 saturated heterocycles. The molecule has 10 atom stereocenters. The SMILES string of the molecule is CC(C)CCC[C@@H](C)[C@H]1CCC2C3CC[C@H]4[C@H](Cc5ccc(F)cc5)[C@@H](O)CC[C@]4(C)C3CC[C@@]21C. The summed E-state index contributed by atoms with van der Waals surface area (Å²) < 4.78 is 13.5. The third-order valence-corrected chi connectivity index (χ3v) is 12.5. The molecule has 1 aromatic carbocycles. The van der Waals surface area contributed by atoms with Crippen LogP contribution in [0.5, 0.6) is 0 Å². The standard InChI is InChI=1S/C34H53FO/c1-22(2)7-6-8-23(3)28-15-16-29-26-13-14-30-27(21-24-9-11-25(35)12-10-24)32(36)18-20-34(30,5)31(26)17-19-33(28,29)4/h9-12,22-23,26-32,36H,6-8,13-21H2,1-5H3/t23-,26?,27+,28-,29?,30+,31?,32+,33-,34+/m1/s1. The van der Waals surface area contributed by atoms with E-state index in [0.717, 1.165) is 48.3 Å². The number of hydrogen-bond acceptors (Lipinski definition) is 1. The first-order valence-corrected chi connectivity index (χ1v) is 15.6. The Morgan fingerprint density at radius 3 is 2.22 bits per heavy atom. The lowest BCUT2D eigenvalue weighted by Gasteiger charge is -2.63. The molecular weight excluding hydrogens is 443 g/mol. The maximum Gasteiger partial charge on any atom is 0.123 e. The van der Waals surface area contributed by atoms with Gasteiger partial charge in [0.1, 0.15) is 5.82 Å². The molecule has 1 aromatic rings. The molecular formula is C34H53FO. The fraction of sp³-hybridized carbons (Fsp3) is 0.824. The molecule has 3 unspecified atom stereocenters. The number of halogens is 1. The predicted octanol–water partition coefficient (Wildman–Crippen LogP) is 9.08. The van der Waals surface area contributed by atoms with Crippen LogP contribution >= 0.6 is 0 Å². The zero-order valence-corrected chi connectivity index (χ0v) is 23.8. The second kappa shape index (κ2) is 10.3. The van der Waals surface area contributed by atoms with Gasteiger partial charge >= 0.3 is 0 Å². The molecule has 0 spiro atoms.